The van der Waals surface area contributed by atoms with E-state index in [4.69, 9.17) is 5.41 Å². The highest BCUT2D eigenvalue weighted by Crippen LogP contribution is 2.42. The first kappa shape index (κ1) is 41.8. The Morgan fingerprint density at radius 1 is 0.844 bits per heavy atom. The first-order valence-corrected chi connectivity index (χ1v) is 17.2. The zero-order valence-corrected chi connectivity index (χ0v) is 31.3. The number of nitrogens with two attached hydrogens (primary N) is 1. The maximum absolute atomic E-state index is 7.15. The largest absolute Gasteiger partial charge is 0.333 e. The van der Waals surface area contributed by atoms with Gasteiger partial charge in [-0.3, -0.25) is 0 Å². The standard InChI is InChI=1S/C25H34.C13H15N.2C2H6.CH5N/c1-17(2)15-19(5)16-25-21(7)23(22-11-9-8-10-12-22)13-14-24(25)20(6)18(3)4;1-13(2)11(7-8-14)9-10-5-3-4-6-12(10)13;3*1-2/h8-15,17-18,20H,16H2,1-7H3;3-8,14H,9H2,1-2H3;2*1-2H3;2H2,1H3/b19-15-;11-7+,14-8?;;;. The van der Waals surface area contributed by atoms with Gasteiger partial charge in [-0.05, 0) is 96.5 Å². The quantitative estimate of drug-likeness (QED) is 0.203. The lowest BCUT2D eigenvalue weighted by molar-refractivity contribution is 0.531. The van der Waals surface area contributed by atoms with E-state index >= 15 is 0 Å². The Hall–Kier alpha value is -3.23. The fourth-order valence-electron chi connectivity index (χ4n) is 5.89. The number of hydrogen-bond donors (Lipinski definition) is 2. The normalized spacial score (nSPS) is 14.4. The molecule has 2 heteroatoms. The van der Waals surface area contributed by atoms with Crippen LogP contribution in [0.15, 0.2) is 90.0 Å². The molecule has 0 saturated heterocycles. The topological polar surface area (TPSA) is 49.9 Å². The van der Waals surface area contributed by atoms with Crippen molar-refractivity contribution in [1.29, 1.82) is 5.41 Å². The molecule has 0 spiro atoms. The van der Waals surface area contributed by atoms with Gasteiger partial charge in [-0.15, -0.1) is 0 Å². The molecule has 0 aromatic heterocycles. The summed E-state index contributed by atoms with van der Waals surface area (Å²) < 4.78 is 0. The van der Waals surface area contributed by atoms with Gasteiger partial charge in [0.1, 0.15) is 0 Å². The number of allylic oxidation sites excluding steroid dienone is 4. The number of benzene rings is 3. The van der Waals surface area contributed by atoms with Gasteiger partial charge in [0.05, 0.1) is 0 Å². The number of fused-ring (bicyclic) bond motifs is 1. The first-order chi connectivity index (χ1) is 21.5. The molecule has 0 heterocycles. The third kappa shape index (κ3) is 11.9. The van der Waals surface area contributed by atoms with Crippen LogP contribution in [0, 0.1) is 24.2 Å². The van der Waals surface area contributed by atoms with Crippen molar-refractivity contribution in [3.05, 3.63) is 118 Å². The van der Waals surface area contributed by atoms with Gasteiger partial charge in [0, 0.05) is 11.6 Å². The lowest BCUT2D eigenvalue weighted by Crippen LogP contribution is -2.15. The van der Waals surface area contributed by atoms with Crippen LogP contribution in [0.2, 0.25) is 0 Å². The average Bonchev–Trinajstić information content (AvgIpc) is 3.30. The van der Waals surface area contributed by atoms with E-state index in [1.165, 1.54) is 63.4 Å². The Kier molecular flexibility index (Phi) is 20.0. The van der Waals surface area contributed by atoms with Crippen LogP contribution in [0.25, 0.3) is 11.1 Å². The van der Waals surface area contributed by atoms with Crippen molar-refractivity contribution in [2.75, 3.05) is 7.05 Å². The van der Waals surface area contributed by atoms with Crippen LogP contribution in [0.1, 0.15) is 117 Å². The Morgan fingerprint density at radius 2 is 1.40 bits per heavy atom. The fraction of sp³-hybridized carbons (Fsp3) is 0.465. The van der Waals surface area contributed by atoms with Crippen LogP contribution in [-0.2, 0) is 18.3 Å². The predicted octanol–water partition coefficient (Wildman–Crippen LogP) is 12.3. The molecule has 1 aliphatic carbocycles. The number of nitrogens with one attached hydrogen (secondary N) is 1. The average molecular weight is 611 g/mol. The van der Waals surface area contributed by atoms with Crippen molar-refractivity contribution in [1.82, 2.24) is 0 Å². The van der Waals surface area contributed by atoms with Gasteiger partial charge in [-0.1, -0.05) is 160 Å². The number of hydrogen-bond acceptors (Lipinski definition) is 2. The van der Waals surface area contributed by atoms with Crippen molar-refractivity contribution in [2.24, 2.45) is 17.6 Å². The maximum atomic E-state index is 7.15. The molecule has 0 saturated carbocycles. The van der Waals surface area contributed by atoms with Crippen LogP contribution in [0.3, 0.4) is 0 Å². The van der Waals surface area contributed by atoms with Crippen LogP contribution in [0.4, 0.5) is 0 Å². The summed E-state index contributed by atoms with van der Waals surface area (Å²) in [5, 5.41) is 7.15. The fourth-order valence-corrected chi connectivity index (χ4v) is 5.89. The maximum Gasteiger partial charge on any atom is 0.0177 e. The van der Waals surface area contributed by atoms with Crippen LogP contribution < -0.4 is 5.73 Å². The molecule has 2 nitrogen and oxygen atoms in total. The minimum atomic E-state index is 0.105. The van der Waals surface area contributed by atoms with Crippen molar-refractivity contribution in [2.45, 2.75) is 114 Å². The summed E-state index contributed by atoms with van der Waals surface area (Å²) in [6, 6.07) is 24.0. The SMILES string of the molecule is C/C(=C/C(C)C)Cc1c(C(C)C(C)C)ccc(-c2ccccc2)c1C.CC.CC.CC1(C)/C(=C/C=N)Cc2ccccc21.CN. The minimum absolute atomic E-state index is 0.105. The molecule has 1 atom stereocenters. The van der Waals surface area contributed by atoms with Crippen molar-refractivity contribution >= 4 is 6.21 Å². The smallest absolute Gasteiger partial charge is 0.0177 e. The molecule has 0 bridgehead atoms. The molecule has 0 amide bonds. The Bertz CT molecular complexity index is 1320. The van der Waals surface area contributed by atoms with Crippen molar-refractivity contribution in [3.8, 4) is 11.1 Å². The summed E-state index contributed by atoms with van der Waals surface area (Å²) in [6.07, 6.45) is 7.77. The van der Waals surface area contributed by atoms with E-state index in [0.717, 1.165) is 12.8 Å². The van der Waals surface area contributed by atoms with E-state index in [9.17, 15) is 0 Å². The zero-order chi connectivity index (χ0) is 34.7. The molecule has 0 radical (unpaired) electrons. The van der Waals surface area contributed by atoms with E-state index in [-0.39, 0.29) is 5.41 Å². The molecule has 1 aliphatic rings. The van der Waals surface area contributed by atoms with Gasteiger partial charge in [0.15, 0.2) is 0 Å². The summed E-state index contributed by atoms with van der Waals surface area (Å²) in [4.78, 5) is 0. The molecule has 1 unspecified atom stereocenters. The van der Waals surface area contributed by atoms with Gasteiger partial charge in [0.2, 0.25) is 0 Å². The molecule has 0 fully saturated rings. The van der Waals surface area contributed by atoms with E-state index in [0.29, 0.717) is 17.8 Å². The molecule has 248 valence electrons. The second kappa shape index (κ2) is 21.5. The lowest BCUT2D eigenvalue weighted by atomic mass is 9.81. The Morgan fingerprint density at radius 3 is 1.91 bits per heavy atom. The highest BCUT2D eigenvalue weighted by atomic mass is 14.4. The first-order valence-electron chi connectivity index (χ1n) is 17.2. The van der Waals surface area contributed by atoms with Crippen LogP contribution >= 0.6 is 0 Å². The molecule has 0 aliphatic heterocycles. The molecule has 3 N–H and O–H groups in total. The summed E-state index contributed by atoms with van der Waals surface area (Å²) in [5.74, 6) is 1.82. The van der Waals surface area contributed by atoms with Gasteiger partial charge >= 0.3 is 0 Å². The summed E-state index contributed by atoms with van der Waals surface area (Å²) in [6.45, 7) is 28.6. The summed E-state index contributed by atoms with van der Waals surface area (Å²) in [7, 11) is 1.50. The molecule has 3 aromatic carbocycles. The van der Waals surface area contributed by atoms with Gasteiger partial charge < -0.3 is 11.1 Å². The van der Waals surface area contributed by atoms with Crippen LogP contribution in [-0.4, -0.2) is 13.3 Å². The highest BCUT2D eigenvalue weighted by Gasteiger charge is 2.33. The second-order valence-electron chi connectivity index (χ2n) is 12.5. The molecular formula is C43H66N2. The van der Waals surface area contributed by atoms with Gasteiger partial charge in [0.25, 0.3) is 0 Å². The zero-order valence-electron chi connectivity index (χ0n) is 31.3. The third-order valence-electron chi connectivity index (χ3n) is 8.44. The van der Waals surface area contributed by atoms with Gasteiger partial charge in [-0.2, -0.15) is 0 Å². The second-order valence-corrected chi connectivity index (χ2v) is 12.5. The van der Waals surface area contributed by atoms with E-state index in [2.05, 4.69) is 141 Å². The van der Waals surface area contributed by atoms with Crippen molar-refractivity contribution < 1.29 is 0 Å². The summed E-state index contributed by atoms with van der Waals surface area (Å²) >= 11 is 0. The minimum Gasteiger partial charge on any atom is -0.333 e. The lowest BCUT2D eigenvalue weighted by Gasteiger charge is -2.24. The third-order valence-corrected chi connectivity index (χ3v) is 8.44. The molecule has 4 rings (SSSR count). The molecular weight excluding hydrogens is 544 g/mol. The highest BCUT2D eigenvalue weighted by molar-refractivity contribution is 5.72. The van der Waals surface area contributed by atoms with Crippen LogP contribution in [0.5, 0.6) is 0 Å². The Labute approximate surface area is 278 Å². The van der Waals surface area contributed by atoms with Crippen molar-refractivity contribution in [3.63, 3.8) is 0 Å². The number of rotatable bonds is 7. The van der Waals surface area contributed by atoms with E-state index < -0.39 is 0 Å². The van der Waals surface area contributed by atoms with Gasteiger partial charge in [-0.25, -0.2) is 0 Å². The van der Waals surface area contributed by atoms with E-state index in [1.54, 1.807) is 0 Å². The molecule has 3 aromatic rings. The summed E-state index contributed by atoms with van der Waals surface area (Å²) in [5.41, 5.74) is 17.4. The predicted molar refractivity (Wildman–Crippen MR) is 205 cm³/mol. The Balaban J connectivity index is 0.000000816. The monoisotopic (exact) mass is 611 g/mol. The molecule has 45 heavy (non-hydrogen) atoms. The van der Waals surface area contributed by atoms with E-state index in [1.807, 2.05) is 33.8 Å².